The van der Waals surface area contributed by atoms with Crippen molar-refractivity contribution in [3.63, 3.8) is 0 Å². The van der Waals surface area contributed by atoms with Gasteiger partial charge < -0.3 is 10.3 Å². The Morgan fingerprint density at radius 1 is 1.21 bits per heavy atom. The molecule has 1 aliphatic rings. The van der Waals surface area contributed by atoms with Crippen LogP contribution in [-0.2, 0) is 6.42 Å². The van der Waals surface area contributed by atoms with Crippen LogP contribution in [0.15, 0.2) is 42.6 Å². The van der Waals surface area contributed by atoms with Gasteiger partial charge in [-0.05, 0) is 56.3 Å². The van der Waals surface area contributed by atoms with Crippen LogP contribution >= 0.6 is 0 Å². The average molecular weight is 254 g/mol. The molecular formula is C17H22N2. The monoisotopic (exact) mass is 254 g/mol. The van der Waals surface area contributed by atoms with Crippen molar-refractivity contribution in [1.29, 1.82) is 0 Å². The number of H-pyrrole nitrogens is 1. The number of aromatic amines is 1. The van der Waals surface area contributed by atoms with Crippen LogP contribution in [0, 0.1) is 5.92 Å². The van der Waals surface area contributed by atoms with Gasteiger partial charge in [0.15, 0.2) is 0 Å². The molecule has 0 fully saturated rings. The third-order valence-electron chi connectivity index (χ3n) is 4.06. The molecule has 0 bridgehead atoms. The number of fused-ring (bicyclic) bond motifs is 1. The number of benzene rings is 1. The molecule has 1 aromatic carbocycles. The topological polar surface area (TPSA) is 27.8 Å². The third-order valence-corrected chi connectivity index (χ3v) is 4.06. The molecule has 0 radical (unpaired) electrons. The van der Waals surface area contributed by atoms with E-state index in [2.05, 4.69) is 52.9 Å². The first kappa shape index (κ1) is 12.5. The summed E-state index contributed by atoms with van der Waals surface area (Å²) in [7, 11) is 0. The highest BCUT2D eigenvalue weighted by molar-refractivity contribution is 5.83. The van der Waals surface area contributed by atoms with Crippen LogP contribution in [0.3, 0.4) is 0 Å². The lowest BCUT2D eigenvalue weighted by atomic mass is 9.94. The summed E-state index contributed by atoms with van der Waals surface area (Å²) in [6.45, 7) is 2.23. The lowest BCUT2D eigenvalue weighted by Gasteiger charge is -2.18. The van der Waals surface area contributed by atoms with Crippen LogP contribution in [0.2, 0.25) is 0 Å². The largest absolute Gasteiger partial charge is 0.361 e. The SMILES string of the molecule is C1=CC[C@@H](CNCCc2c[nH]c3ccccc23)CC1. The Morgan fingerprint density at radius 2 is 2.16 bits per heavy atom. The summed E-state index contributed by atoms with van der Waals surface area (Å²) in [5.74, 6) is 0.841. The van der Waals surface area contributed by atoms with E-state index in [4.69, 9.17) is 0 Å². The van der Waals surface area contributed by atoms with Gasteiger partial charge in [0.1, 0.15) is 0 Å². The molecule has 2 nitrogen and oxygen atoms in total. The molecule has 0 aliphatic heterocycles. The molecule has 0 amide bonds. The van der Waals surface area contributed by atoms with E-state index in [9.17, 15) is 0 Å². The van der Waals surface area contributed by atoms with E-state index in [1.807, 2.05) is 0 Å². The summed E-state index contributed by atoms with van der Waals surface area (Å²) in [6, 6.07) is 8.53. The molecule has 0 spiro atoms. The van der Waals surface area contributed by atoms with Crippen molar-refractivity contribution in [2.24, 2.45) is 5.92 Å². The zero-order valence-corrected chi connectivity index (χ0v) is 11.4. The Bertz CT molecular complexity index is 553. The number of hydrogen-bond acceptors (Lipinski definition) is 1. The molecular weight excluding hydrogens is 232 g/mol. The van der Waals surface area contributed by atoms with Crippen molar-refractivity contribution < 1.29 is 0 Å². The summed E-state index contributed by atoms with van der Waals surface area (Å²) < 4.78 is 0. The van der Waals surface area contributed by atoms with Crippen LogP contribution in [0.5, 0.6) is 0 Å². The average Bonchev–Trinajstić information content (AvgIpc) is 2.88. The Kier molecular flexibility index (Phi) is 3.99. The highest BCUT2D eigenvalue weighted by atomic mass is 14.9. The Balaban J connectivity index is 1.48. The van der Waals surface area contributed by atoms with Crippen LogP contribution in [0.25, 0.3) is 10.9 Å². The van der Waals surface area contributed by atoms with Crippen molar-refractivity contribution in [2.75, 3.05) is 13.1 Å². The van der Waals surface area contributed by atoms with Crippen molar-refractivity contribution in [3.8, 4) is 0 Å². The van der Waals surface area contributed by atoms with E-state index < -0.39 is 0 Å². The quantitative estimate of drug-likeness (QED) is 0.618. The summed E-state index contributed by atoms with van der Waals surface area (Å²) in [5, 5.41) is 4.98. The fourth-order valence-electron chi connectivity index (χ4n) is 2.91. The first-order valence-electron chi connectivity index (χ1n) is 7.34. The number of aromatic nitrogens is 1. The zero-order valence-electron chi connectivity index (χ0n) is 11.4. The number of allylic oxidation sites excluding steroid dienone is 2. The molecule has 3 rings (SSSR count). The Hall–Kier alpha value is -1.54. The van der Waals surface area contributed by atoms with E-state index in [-0.39, 0.29) is 0 Å². The molecule has 1 aromatic heterocycles. The van der Waals surface area contributed by atoms with E-state index >= 15 is 0 Å². The molecule has 19 heavy (non-hydrogen) atoms. The molecule has 0 saturated carbocycles. The smallest absolute Gasteiger partial charge is 0.0456 e. The minimum atomic E-state index is 0.841. The van der Waals surface area contributed by atoms with Gasteiger partial charge in [0.25, 0.3) is 0 Å². The number of rotatable bonds is 5. The van der Waals surface area contributed by atoms with E-state index in [0.717, 1.165) is 25.4 Å². The fraction of sp³-hybridized carbons (Fsp3) is 0.412. The number of para-hydroxylation sites is 1. The first-order chi connectivity index (χ1) is 9.43. The highest BCUT2D eigenvalue weighted by Gasteiger charge is 2.09. The normalized spacial score (nSPS) is 19.1. The van der Waals surface area contributed by atoms with Gasteiger partial charge in [0, 0.05) is 17.1 Å². The second kappa shape index (κ2) is 6.07. The molecule has 2 aromatic rings. The maximum atomic E-state index is 3.61. The summed E-state index contributed by atoms with van der Waals surface area (Å²) >= 11 is 0. The van der Waals surface area contributed by atoms with Gasteiger partial charge in [-0.3, -0.25) is 0 Å². The molecule has 2 heteroatoms. The summed E-state index contributed by atoms with van der Waals surface area (Å²) in [4.78, 5) is 3.34. The molecule has 1 heterocycles. The number of hydrogen-bond donors (Lipinski definition) is 2. The van der Waals surface area contributed by atoms with Crippen LogP contribution in [-0.4, -0.2) is 18.1 Å². The number of nitrogens with one attached hydrogen (secondary N) is 2. The maximum Gasteiger partial charge on any atom is 0.0456 e. The fourth-order valence-corrected chi connectivity index (χ4v) is 2.91. The minimum absolute atomic E-state index is 0.841. The van der Waals surface area contributed by atoms with E-state index in [1.165, 1.54) is 35.7 Å². The summed E-state index contributed by atoms with van der Waals surface area (Å²) in [5.41, 5.74) is 2.67. The van der Waals surface area contributed by atoms with E-state index in [1.54, 1.807) is 0 Å². The molecule has 1 aliphatic carbocycles. The lowest BCUT2D eigenvalue weighted by molar-refractivity contribution is 0.443. The predicted octanol–water partition coefficient (Wildman–Crippen LogP) is 3.66. The van der Waals surface area contributed by atoms with Gasteiger partial charge in [-0.15, -0.1) is 0 Å². The van der Waals surface area contributed by atoms with Crippen molar-refractivity contribution in [2.45, 2.75) is 25.7 Å². The lowest BCUT2D eigenvalue weighted by Crippen LogP contribution is -2.25. The molecule has 1 atom stereocenters. The predicted molar refractivity (Wildman–Crippen MR) is 81.4 cm³/mol. The Morgan fingerprint density at radius 3 is 3.05 bits per heavy atom. The second-order valence-corrected chi connectivity index (χ2v) is 5.46. The standard InChI is InChI=1S/C17H22N2/c1-2-6-14(7-3-1)12-18-11-10-15-13-19-17-9-5-4-8-16(15)17/h1-2,4-5,8-9,13-14,18-19H,3,6-7,10-12H2/t14-/m1/s1. The van der Waals surface area contributed by atoms with Crippen LogP contribution in [0.4, 0.5) is 0 Å². The molecule has 100 valence electrons. The zero-order chi connectivity index (χ0) is 12.9. The van der Waals surface area contributed by atoms with Gasteiger partial charge in [-0.2, -0.15) is 0 Å². The molecule has 0 saturated heterocycles. The van der Waals surface area contributed by atoms with Gasteiger partial charge >= 0.3 is 0 Å². The Labute approximate surface area is 114 Å². The van der Waals surface area contributed by atoms with Gasteiger partial charge in [-0.25, -0.2) is 0 Å². The van der Waals surface area contributed by atoms with Crippen LogP contribution < -0.4 is 5.32 Å². The van der Waals surface area contributed by atoms with Crippen molar-refractivity contribution in [3.05, 3.63) is 48.2 Å². The van der Waals surface area contributed by atoms with Crippen molar-refractivity contribution >= 4 is 10.9 Å². The van der Waals surface area contributed by atoms with Gasteiger partial charge in [0.2, 0.25) is 0 Å². The first-order valence-corrected chi connectivity index (χ1v) is 7.34. The minimum Gasteiger partial charge on any atom is -0.361 e. The summed E-state index contributed by atoms with van der Waals surface area (Å²) in [6.07, 6.45) is 11.7. The van der Waals surface area contributed by atoms with Gasteiger partial charge in [-0.1, -0.05) is 30.4 Å². The maximum absolute atomic E-state index is 3.61. The van der Waals surface area contributed by atoms with Crippen LogP contribution in [0.1, 0.15) is 24.8 Å². The molecule has 2 N–H and O–H groups in total. The van der Waals surface area contributed by atoms with Crippen molar-refractivity contribution in [1.82, 2.24) is 10.3 Å². The second-order valence-electron chi connectivity index (χ2n) is 5.46. The van der Waals surface area contributed by atoms with Gasteiger partial charge in [0.05, 0.1) is 0 Å². The highest BCUT2D eigenvalue weighted by Crippen LogP contribution is 2.18. The van der Waals surface area contributed by atoms with E-state index in [0.29, 0.717) is 0 Å². The molecule has 0 unspecified atom stereocenters. The third kappa shape index (κ3) is 3.07.